The number of ether oxygens (including phenoxy) is 1. The Kier molecular flexibility index (Phi) is 2.97. The van der Waals surface area contributed by atoms with E-state index in [1.54, 1.807) is 6.07 Å². The van der Waals surface area contributed by atoms with Crippen LogP contribution in [0.5, 0.6) is 5.75 Å². The number of fused-ring (bicyclic) bond motifs is 1. The van der Waals surface area contributed by atoms with Crippen LogP contribution in [0, 0.1) is 0 Å². The predicted molar refractivity (Wildman–Crippen MR) is 67.0 cm³/mol. The van der Waals surface area contributed by atoms with Gasteiger partial charge in [-0.3, -0.25) is 0 Å². The molecule has 0 heterocycles. The van der Waals surface area contributed by atoms with E-state index in [1.807, 2.05) is 30.3 Å². The molecular formula is C13H10O2S. The molecule has 2 nitrogen and oxygen atoms in total. The van der Waals surface area contributed by atoms with Gasteiger partial charge in [-0.1, -0.05) is 36.9 Å². The molecule has 0 saturated heterocycles. The van der Waals surface area contributed by atoms with E-state index in [0.29, 0.717) is 10.6 Å². The molecule has 0 spiro atoms. The minimum Gasteiger partial charge on any atom is -0.422 e. The average Bonchev–Trinajstić information content (AvgIpc) is 2.32. The highest BCUT2D eigenvalue weighted by molar-refractivity contribution is 7.80. The second-order valence-corrected chi connectivity index (χ2v) is 3.74. The molecule has 0 atom stereocenters. The third-order valence-electron chi connectivity index (χ3n) is 2.23. The van der Waals surface area contributed by atoms with Gasteiger partial charge < -0.3 is 4.74 Å². The molecule has 3 heteroatoms. The van der Waals surface area contributed by atoms with E-state index >= 15 is 0 Å². The lowest BCUT2D eigenvalue weighted by Crippen LogP contribution is -2.04. The Bertz CT molecular complexity index is 561. The summed E-state index contributed by atoms with van der Waals surface area (Å²) >= 11 is 4.28. The zero-order valence-corrected chi connectivity index (χ0v) is 9.41. The molecular weight excluding hydrogens is 220 g/mol. The third kappa shape index (κ3) is 1.95. The number of hydrogen-bond donors (Lipinski definition) is 1. The fraction of sp³-hybridized carbons (Fsp3) is 0. The minimum atomic E-state index is -0.480. The first-order valence-corrected chi connectivity index (χ1v) is 5.22. The molecule has 2 aromatic carbocycles. The molecule has 0 amide bonds. The summed E-state index contributed by atoms with van der Waals surface area (Å²) in [5.41, 5.74) is 0. The van der Waals surface area contributed by atoms with Crippen molar-refractivity contribution in [3.05, 3.63) is 49.1 Å². The molecule has 2 rings (SSSR count). The Morgan fingerprint density at radius 1 is 1.25 bits per heavy atom. The van der Waals surface area contributed by atoms with Gasteiger partial charge in [0.2, 0.25) is 0 Å². The lowest BCUT2D eigenvalue weighted by atomic mass is 10.1. The van der Waals surface area contributed by atoms with Crippen molar-refractivity contribution in [2.45, 2.75) is 4.90 Å². The highest BCUT2D eigenvalue weighted by atomic mass is 32.1. The van der Waals surface area contributed by atoms with E-state index < -0.39 is 5.97 Å². The normalized spacial score (nSPS) is 10.1. The predicted octanol–water partition coefficient (Wildman–Crippen LogP) is 3.22. The standard InChI is InChI=1S/C13H10O2S/c1-2-12(14)15-13-10-6-4-3-5-9(10)7-8-11(13)16/h2-8,16H,1H2. The lowest BCUT2D eigenvalue weighted by molar-refractivity contribution is -0.129. The summed E-state index contributed by atoms with van der Waals surface area (Å²) < 4.78 is 5.17. The second kappa shape index (κ2) is 4.41. The van der Waals surface area contributed by atoms with Crippen LogP contribution in [0.25, 0.3) is 10.8 Å². The SMILES string of the molecule is C=CC(=O)Oc1c(S)ccc2ccccc12. The summed E-state index contributed by atoms with van der Waals surface area (Å²) in [7, 11) is 0. The van der Waals surface area contributed by atoms with E-state index in [4.69, 9.17) is 4.74 Å². The summed E-state index contributed by atoms with van der Waals surface area (Å²) in [6.45, 7) is 3.37. The van der Waals surface area contributed by atoms with E-state index in [0.717, 1.165) is 16.8 Å². The minimum absolute atomic E-state index is 0.478. The van der Waals surface area contributed by atoms with Gasteiger partial charge in [0.05, 0.1) is 0 Å². The van der Waals surface area contributed by atoms with Gasteiger partial charge in [-0.2, -0.15) is 0 Å². The van der Waals surface area contributed by atoms with Crippen LogP contribution < -0.4 is 4.74 Å². The van der Waals surface area contributed by atoms with Crippen LogP contribution in [0.2, 0.25) is 0 Å². The molecule has 0 aliphatic rings. The number of benzene rings is 2. The van der Waals surface area contributed by atoms with Crippen molar-refractivity contribution in [1.29, 1.82) is 0 Å². The summed E-state index contributed by atoms with van der Waals surface area (Å²) in [4.78, 5) is 11.8. The Morgan fingerprint density at radius 2 is 2.00 bits per heavy atom. The van der Waals surface area contributed by atoms with Crippen molar-refractivity contribution < 1.29 is 9.53 Å². The smallest absolute Gasteiger partial charge is 0.335 e. The van der Waals surface area contributed by atoms with Gasteiger partial charge in [0.1, 0.15) is 0 Å². The monoisotopic (exact) mass is 230 g/mol. The quantitative estimate of drug-likeness (QED) is 0.371. The first kappa shape index (κ1) is 10.8. The fourth-order valence-electron chi connectivity index (χ4n) is 1.48. The number of rotatable bonds is 2. The maximum absolute atomic E-state index is 11.2. The highest BCUT2D eigenvalue weighted by Gasteiger charge is 2.08. The number of thiol groups is 1. The molecule has 0 saturated carbocycles. The maximum Gasteiger partial charge on any atom is 0.335 e. The summed E-state index contributed by atoms with van der Waals surface area (Å²) in [5, 5.41) is 1.87. The molecule has 0 aliphatic heterocycles. The first-order chi connectivity index (χ1) is 7.72. The molecule has 0 bridgehead atoms. The van der Waals surface area contributed by atoms with Crippen molar-refractivity contribution in [1.82, 2.24) is 0 Å². The molecule has 0 fully saturated rings. The number of carbonyl (C=O) groups is 1. The topological polar surface area (TPSA) is 26.3 Å². The van der Waals surface area contributed by atoms with E-state index in [9.17, 15) is 4.79 Å². The van der Waals surface area contributed by atoms with Gasteiger partial charge in [-0.05, 0) is 11.5 Å². The molecule has 0 N–H and O–H groups in total. The largest absolute Gasteiger partial charge is 0.422 e. The first-order valence-electron chi connectivity index (χ1n) is 4.77. The summed E-state index contributed by atoms with van der Waals surface area (Å²) in [6, 6.07) is 11.4. The van der Waals surface area contributed by atoms with Crippen molar-refractivity contribution >= 4 is 29.4 Å². The van der Waals surface area contributed by atoms with Gasteiger partial charge in [0.15, 0.2) is 5.75 Å². The van der Waals surface area contributed by atoms with Crippen LogP contribution >= 0.6 is 12.6 Å². The Hall–Kier alpha value is -1.74. The fourth-order valence-corrected chi connectivity index (χ4v) is 1.72. The average molecular weight is 230 g/mol. The molecule has 2 aromatic rings. The van der Waals surface area contributed by atoms with Gasteiger partial charge in [0, 0.05) is 16.4 Å². The van der Waals surface area contributed by atoms with E-state index in [1.165, 1.54) is 0 Å². The maximum atomic E-state index is 11.2. The van der Waals surface area contributed by atoms with Crippen LogP contribution in [0.1, 0.15) is 0 Å². The van der Waals surface area contributed by atoms with Gasteiger partial charge in [-0.25, -0.2) is 4.79 Å². The third-order valence-corrected chi connectivity index (χ3v) is 2.58. The van der Waals surface area contributed by atoms with Gasteiger partial charge in [0.25, 0.3) is 0 Å². The molecule has 0 radical (unpaired) electrons. The van der Waals surface area contributed by atoms with Crippen molar-refractivity contribution in [3.63, 3.8) is 0 Å². The van der Waals surface area contributed by atoms with Crippen molar-refractivity contribution in [3.8, 4) is 5.75 Å². The van der Waals surface area contributed by atoms with Crippen LogP contribution in [0.4, 0.5) is 0 Å². The van der Waals surface area contributed by atoms with E-state index in [-0.39, 0.29) is 0 Å². The zero-order chi connectivity index (χ0) is 11.5. The number of carbonyl (C=O) groups excluding carboxylic acids is 1. The molecule has 0 aliphatic carbocycles. The van der Waals surface area contributed by atoms with Crippen molar-refractivity contribution in [2.75, 3.05) is 0 Å². The van der Waals surface area contributed by atoms with E-state index in [2.05, 4.69) is 19.2 Å². The second-order valence-electron chi connectivity index (χ2n) is 3.26. The summed E-state index contributed by atoms with van der Waals surface area (Å²) in [5.74, 6) is -0.00186. The lowest BCUT2D eigenvalue weighted by Gasteiger charge is -2.08. The van der Waals surface area contributed by atoms with Crippen LogP contribution in [0.3, 0.4) is 0 Å². The number of esters is 1. The van der Waals surface area contributed by atoms with Gasteiger partial charge >= 0.3 is 5.97 Å². The molecule has 16 heavy (non-hydrogen) atoms. The molecule has 0 unspecified atom stereocenters. The van der Waals surface area contributed by atoms with Crippen molar-refractivity contribution in [2.24, 2.45) is 0 Å². The Morgan fingerprint density at radius 3 is 2.75 bits per heavy atom. The zero-order valence-electron chi connectivity index (χ0n) is 8.51. The Balaban J connectivity index is 2.61. The Labute approximate surface area is 98.9 Å². The molecule has 0 aromatic heterocycles. The highest BCUT2D eigenvalue weighted by Crippen LogP contribution is 2.32. The van der Waals surface area contributed by atoms with Crippen LogP contribution in [-0.4, -0.2) is 5.97 Å². The number of hydrogen-bond acceptors (Lipinski definition) is 3. The summed E-state index contributed by atoms with van der Waals surface area (Å²) in [6.07, 6.45) is 1.13. The molecule has 80 valence electrons. The van der Waals surface area contributed by atoms with Crippen LogP contribution in [-0.2, 0) is 4.79 Å². The van der Waals surface area contributed by atoms with Gasteiger partial charge in [-0.15, -0.1) is 12.6 Å². The van der Waals surface area contributed by atoms with Crippen LogP contribution in [0.15, 0.2) is 53.9 Å².